The Morgan fingerprint density at radius 2 is 2.17 bits per heavy atom. The van der Waals surface area contributed by atoms with Gasteiger partial charge in [0, 0.05) is 30.1 Å². The molecule has 0 radical (unpaired) electrons. The standard InChI is InChI=1S/C18H21ClN2O2S/c1-3-10-21(12-15-8-9-17(19)24-15)13-18(22)20-11-14-6-4-5-7-16(14)23-2/h3-9H,1,10-13H2,2H3,(H,20,22). The molecule has 6 heteroatoms. The summed E-state index contributed by atoms with van der Waals surface area (Å²) in [6.45, 7) is 5.81. The number of thiophene rings is 1. The molecular formula is C18H21ClN2O2S. The third-order valence-electron chi connectivity index (χ3n) is 3.43. The van der Waals surface area contributed by atoms with Crippen molar-refractivity contribution in [2.75, 3.05) is 20.2 Å². The normalized spacial score (nSPS) is 10.6. The van der Waals surface area contributed by atoms with Crippen molar-refractivity contribution in [2.24, 2.45) is 0 Å². The molecule has 0 aliphatic carbocycles. The predicted molar refractivity (Wildman–Crippen MR) is 99.6 cm³/mol. The summed E-state index contributed by atoms with van der Waals surface area (Å²) < 4.78 is 6.05. The minimum atomic E-state index is -0.0367. The van der Waals surface area contributed by atoms with Gasteiger partial charge in [0.25, 0.3) is 0 Å². The second-order valence-electron chi connectivity index (χ2n) is 5.25. The number of hydrogen-bond donors (Lipinski definition) is 1. The molecular weight excluding hydrogens is 344 g/mol. The summed E-state index contributed by atoms with van der Waals surface area (Å²) in [5.74, 6) is 0.736. The summed E-state index contributed by atoms with van der Waals surface area (Å²) >= 11 is 7.49. The molecule has 2 rings (SSSR count). The monoisotopic (exact) mass is 364 g/mol. The molecule has 0 unspecified atom stereocenters. The van der Waals surface area contributed by atoms with Crippen LogP contribution >= 0.6 is 22.9 Å². The molecule has 1 aromatic heterocycles. The Kier molecular flexibility index (Phi) is 7.31. The molecule has 4 nitrogen and oxygen atoms in total. The van der Waals surface area contributed by atoms with Gasteiger partial charge in [0.05, 0.1) is 18.0 Å². The third kappa shape index (κ3) is 5.67. The number of rotatable bonds is 9. The molecule has 2 aromatic rings. The van der Waals surface area contributed by atoms with Gasteiger partial charge in [-0.1, -0.05) is 35.9 Å². The fourth-order valence-electron chi connectivity index (χ4n) is 2.33. The van der Waals surface area contributed by atoms with Crippen LogP contribution in [0.5, 0.6) is 5.75 Å². The van der Waals surface area contributed by atoms with E-state index in [-0.39, 0.29) is 5.91 Å². The topological polar surface area (TPSA) is 41.6 Å². The molecule has 0 saturated heterocycles. The van der Waals surface area contributed by atoms with Crippen molar-refractivity contribution < 1.29 is 9.53 Å². The van der Waals surface area contributed by atoms with Crippen molar-refractivity contribution in [3.8, 4) is 5.75 Å². The van der Waals surface area contributed by atoms with Gasteiger partial charge in [0.1, 0.15) is 5.75 Å². The van der Waals surface area contributed by atoms with Gasteiger partial charge in [-0.2, -0.15) is 0 Å². The Labute approximate surface area is 151 Å². The molecule has 0 spiro atoms. The zero-order chi connectivity index (χ0) is 17.4. The summed E-state index contributed by atoms with van der Waals surface area (Å²) in [4.78, 5) is 15.4. The van der Waals surface area contributed by atoms with Crippen LogP contribution < -0.4 is 10.1 Å². The largest absolute Gasteiger partial charge is 0.496 e. The molecule has 128 valence electrons. The second-order valence-corrected chi connectivity index (χ2v) is 7.05. The van der Waals surface area contributed by atoms with Gasteiger partial charge in [-0.3, -0.25) is 9.69 Å². The van der Waals surface area contributed by atoms with E-state index in [1.165, 1.54) is 11.3 Å². The summed E-state index contributed by atoms with van der Waals surface area (Å²) in [5, 5.41) is 2.94. The van der Waals surface area contributed by atoms with Gasteiger partial charge in [0.2, 0.25) is 5.91 Å². The van der Waals surface area contributed by atoms with Crippen LogP contribution in [-0.2, 0) is 17.9 Å². The average molecular weight is 365 g/mol. The number of para-hydroxylation sites is 1. The summed E-state index contributed by atoms with van der Waals surface area (Å²) in [6.07, 6.45) is 1.79. The number of benzene rings is 1. The van der Waals surface area contributed by atoms with E-state index in [0.717, 1.165) is 20.5 Å². The lowest BCUT2D eigenvalue weighted by Crippen LogP contribution is -2.36. The van der Waals surface area contributed by atoms with Crippen molar-refractivity contribution in [3.05, 3.63) is 63.8 Å². The van der Waals surface area contributed by atoms with E-state index in [1.54, 1.807) is 13.2 Å². The van der Waals surface area contributed by atoms with Crippen molar-refractivity contribution in [2.45, 2.75) is 13.1 Å². The first-order valence-corrected chi connectivity index (χ1v) is 8.78. The molecule has 0 aliphatic rings. The number of halogens is 1. The number of carbonyl (C=O) groups excluding carboxylic acids is 1. The fraction of sp³-hybridized carbons (Fsp3) is 0.278. The van der Waals surface area contributed by atoms with Crippen LogP contribution in [0, 0.1) is 0 Å². The molecule has 1 heterocycles. The highest BCUT2D eigenvalue weighted by Crippen LogP contribution is 2.22. The quantitative estimate of drug-likeness (QED) is 0.689. The minimum Gasteiger partial charge on any atom is -0.496 e. The zero-order valence-electron chi connectivity index (χ0n) is 13.6. The van der Waals surface area contributed by atoms with E-state index >= 15 is 0 Å². The van der Waals surface area contributed by atoms with E-state index in [1.807, 2.05) is 41.3 Å². The van der Waals surface area contributed by atoms with Crippen LogP contribution in [0.25, 0.3) is 0 Å². The number of nitrogens with one attached hydrogen (secondary N) is 1. The molecule has 0 atom stereocenters. The molecule has 0 aliphatic heterocycles. The highest BCUT2D eigenvalue weighted by Gasteiger charge is 2.12. The van der Waals surface area contributed by atoms with Crippen molar-refractivity contribution in [1.82, 2.24) is 10.2 Å². The van der Waals surface area contributed by atoms with Crippen molar-refractivity contribution >= 4 is 28.8 Å². The first-order valence-electron chi connectivity index (χ1n) is 7.58. The lowest BCUT2D eigenvalue weighted by Gasteiger charge is -2.19. The van der Waals surface area contributed by atoms with Crippen LogP contribution in [0.15, 0.2) is 49.1 Å². The summed E-state index contributed by atoms with van der Waals surface area (Å²) in [5.41, 5.74) is 0.952. The van der Waals surface area contributed by atoms with Crippen LogP contribution in [0.2, 0.25) is 4.34 Å². The Morgan fingerprint density at radius 3 is 2.83 bits per heavy atom. The van der Waals surface area contributed by atoms with E-state index in [9.17, 15) is 4.79 Å². The molecule has 0 bridgehead atoms. The summed E-state index contributed by atoms with van der Waals surface area (Å²) in [6, 6.07) is 11.5. The number of amides is 1. The molecule has 1 aromatic carbocycles. The van der Waals surface area contributed by atoms with Crippen LogP contribution in [0.4, 0.5) is 0 Å². The van der Waals surface area contributed by atoms with E-state index in [4.69, 9.17) is 16.3 Å². The lowest BCUT2D eigenvalue weighted by atomic mass is 10.2. The number of methoxy groups -OCH3 is 1. The molecule has 1 amide bonds. The third-order valence-corrected chi connectivity index (χ3v) is 4.65. The maximum Gasteiger partial charge on any atom is 0.234 e. The van der Waals surface area contributed by atoms with Crippen LogP contribution in [0.3, 0.4) is 0 Å². The Hall–Kier alpha value is -1.82. The van der Waals surface area contributed by atoms with Crippen molar-refractivity contribution in [3.63, 3.8) is 0 Å². The predicted octanol–water partition coefficient (Wildman–Crippen LogP) is 3.71. The smallest absolute Gasteiger partial charge is 0.234 e. The highest BCUT2D eigenvalue weighted by molar-refractivity contribution is 7.16. The van der Waals surface area contributed by atoms with E-state index in [2.05, 4.69) is 11.9 Å². The summed E-state index contributed by atoms with van der Waals surface area (Å²) in [7, 11) is 1.62. The Morgan fingerprint density at radius 1 is 1.38 bits per heavy atom. The number of ether oxygens (including phenoxy) is 1. The van der Waals surface area contributed by atoms with E-state index < -0.39 is 0 Å². The first kappa shape index (κ1) is 18.5. The first-order chi connectivity index (χ1) is 11.6. The number of nitrogens with zero attached hydrogens (tertiary/aromatic N) is 1. The van der Waals surface area contributed by atoms with Gasteiger partial charge in [-0.25, -0.2) is 0 Å². The Balaban J connectivity index is 1.89. The minimum absolute atomic E-state index is 0.0367. The van der Waals surface area contributed by atoms with Crippen LogP contribution in [-0.4, -0.2) is 31.0 Å². The highest BCUT2D eigenvalue weighted by atomic mass is 35.5. The number of carbonyl (C=O) groups is 1. The van der Waals surface area contributed by atoms with Gasteiger partial charge >= 0.3 is 0 Å². The molecule has 0 fully saturated rings. The Bertz CT molecular complexity index is 687. The molecule has 24 heavy (non-hydrogen) atoms. The van der Waals surface area contributed by atoms with Gasteiger partial charge in [-0.15, -0.1) is 17.9 Å². The lowest BCUT2D eigenvalue weighted by molar-refractivity contribution is -0.122. The fourth-order valence-corrected chi connectivity index (χ4v) is 3.46. The van der Waals surface area contributed by atoms with Gasteiger partial charge < -0.3 is 10.1 Å². The van der Waals surface area contributed by atoms with Crippen LogP contribution in [0.1, 0.15) is 10.4 Å². The average Bonchev–Trinajstić information content (AvgIpc) is 2.98. The van der Waals surface area contributed by atoms with Gasteiger partial charge in [0.15, 0.2) is 0 Å². The van der Waals surface area contributed by atoms with Gasteiger partial charge in [-0.05, 0) is 18.2 Å². The van der Waals surface area contributed by atoms with Crippen molar-refractivity contribution in [1.29, 1.82) is 0 Å². The molecule has 0 saturated carbocycles. The molecule has 1 N–H and O–H groups in total. The maximum absolute atomic E-state index is 12.2. The zero-order valence-corrected chi connectivity index (χ0v) is 15.2. The number of hydrogen-bond acceptors (Lipinski definition) is 4. The second kappa shape index (κ2) is 9.47. The van der Waals surface area contributed by atoms with E-state index in [0.29, 0.717) is 26.2 Å². The SMILES string of the molecule is C=CCN(CC(=O)NCc1ccccc1OC)Cc1ccc(Cl)s1. The maximum atomic E-state index is 12.2.